The zero-order chi connectivity index (χ0) is 25.6. The Labute approximate surface area is 211 Å². The fourth-order valence-electron chi connectivity index (χ4n) is 4.25. The number of aromatic nitrogens is 7. The Bertz CT molecular complexity index is 1620. The summed E-state index contributed by atoms with van der Waals surface area (Å²) in [7, 11) is 0. The molecule has 0 radical (unpaired) electrons. The van der Waals surface area contributed by atoms with Crippen molar-refractivity contribution in [1.29, 1.82) is 0 Å². The van der Waals surface area contributed by atoms with Gasteiger partial charge in [-0.2, -0.15) is 15.3 Å². The van der Waals surface area contributed by atoms with E-state index in [2.05, 4.69) is 25.6 Å². The van der Waals surface area contributed by atoms with Crippen LogP contribution >= 0.6 is 11.6 Å². The molecule has 0 saturated heterocycles. The SMILES string of the molecule is CCn1ncc(-c2ccnc3cc(C(=O)Nc4c(C)nn(Cc5ccc(F)cc5Cl)c4C)nn23)c1C. The van der Waals surface area contributed by atoms with Crippen molar-refractivity contribution in [3.05, 3.63) is 81.9 Å². The average Bonchev–Trinajstić information content (AvgIpc) is 3.52. The molecule has 11 heteroatoms. The third-order valence-electron chi connectivity index (χ3n) is 6.22. The number of hydrogen-bond donors (Lipinski definition) is 1. The predicted molar refractivity (Wildman–Crippen MR) is 135 cm³/mol. The number of nitrogens with one attached hydrogen (secondary N) is 1. The minimum atomic E-state index is -0.399. The quantitative estimate of drug-likeness (QED) is 0.356. The van der Waals surface area contributed by atoms with Crippen LogP contribution in [0.25, 0.3) is 16.9 Å². The highest BCUT2D eigenvalue weighted by atomic mass is 35.5. The number of carbonyl (C=O) groups is 1. The standard InChI is InChI=1S/C25H24ClFN8O/c1-5-33-15(3)19(12-29-33)22-8-9-28-23-11-21(32-35(22)23)25(36)30-24-14(2)31-34(16(24)4)13-17-6-7-18(27)10-20(17)26/h6-12H,5,13H2,1-4H3,(H,30,36). The molecule has 4 heterocycles. The summed E-state index contributed by atoms with van der Waals surface area (Å²) < 4.78 is 18.7. The smallest absolute Gasteiger partial charge is 0.276 e. The van der Waals surface area contributed by atoms with Crippen LogP contribution in [0.4, 0.5) is 10.1 Å². The Balaban J connectivity index is 1.43. The molecule has 1 amide bonds. The Hall–Kier alpha value is -4.05. The van der Waals surface area contributed by atoms with Gasteiger partial charge in [-0.05, 0) is 51.5 Å². The summed E-state index contributed by atoms with van der Waals surface area (Å²) in [6.45, 7) is 8.79. The molecule has 184 valence electrons. The molecule has 0 saturated carbocycles. The lowest BCUT2D eigenvalue weighted by Crippen LogP contribution is -2.14. The number of anilines is 1. The van der Waals surface area contributed by atoms with Crippen LogP contribution in [0.1, 0.15) is 40.1 Å². The van der Waals surface area contributed by atoms with Crippen LogP contribution < -0.4 is 5.32 Å². The molecule has 0 unspecified atom stereocenters. The molecule has 0 aliphatic carbocycles. The normalized spacial score (nSPS) is 11.4. The van der Waals surface area contributed by atoms with E-state index in [1.807, 2.05) is 38.4 Å². The van der Waals surface area contributed by atoms with E-state index in [0.29, 0.717) is 28.6 Å². The van der Waals surface area contributed by atoms with E-state index in [1.54, 1.807) is 33.7 Å². The number of nitrogens with zero attached hydrogens (tertiary/aromatic N) is 7. The lowest BCUT2D eigenvalue weighted by molar-refractivity contribution is 0.102. The zero-order valence-electron chi connectivity index (χ0n) is 20.3. The number of aryl methyl sites for hydroxylation is 2. The van der Waals surface area contributed by atoms with E-state index >= 15 is 0 Å². The first-order valence-corrected chi connectivity index (χ1v) is 11.8. The topological polar surface area (TPSA) is 94.9 Å². The highest BCUT2D eigenvalue weighted by Gasteiger charge is 2.20. The molecule has 36 heavy (non-hydrogen) atoms. The number of amides is 1. The maximum atomic E-state index is 13.4. The highest BCUT2D eigenvalue weighted by molar-refractivity contribution is 6.31. The van der Waals surface area contributed by atoms with Crippen LogP contribution in [-0.2, 0) is 13.1 Å². The largest absolute Gasteiger partial charge is 0.317 e. The molecular weight excluding hydrogens is 483 g/mol. The minimum Gasteiger partial charge on any atom is -0.317 e. The van der Waals surface area contributed by atoms with Gasteiger partial charge in [-0.25, -0.2) is 13.9 Å². The van der Waals surface area contributed by atoms with Gasteiger partial charge in [-0.15, -0.1) is 0 Å². The van der Waals surface area contributed by atoms with Crippen molar-refractivity contribution < 1.29 is 9.18 Å². The molecule has 5 rings (SSSR count). The lowest BCUT2D eigenvalue weighted by Gasteiger charge is -2.08. The number of benzene rings is 1. The first-order valence-electron chi connectivity index (χ1n) is 11.4. The van der Waals surface area contributed by atoms with Crippen molar-refractivity contribution in [2.24, 2.45) is 0 Å². The van der Waals surface area contributed by atoms with Crippen molar-refractivity contribution in [2.75, 3.05) is 5.32 Å². The Morgan fingerprint density at radius 2 is 1.89 bits per heavy atom. The molecule has 0 aliphatic heterocycles. The zero-order valence-corrected chi connectivity index (χ0v) is 21.0. The average molecular weight is 507 g/mol. The first-order chi connectivity index (χ1) is 17.3. The van der Waals surface area contributed by atoms with Crippen LogP contribution in [-0.4, -0.2) is 40.1 Å². The van der Waals surface area contributed by atoms with Gasteiger partial charge in [0.2, 0.25) is 0 Å². The van der Waals surface area contributed by atoms with Gasteiger partial charge in [0.1, 0.15) is 5.82 Å². The van der Waals surface area contributed by atoms with E-state index in [4.69, 9.17) is 11.6 Å². The van der Waals surface area contributed by atoms with Gasteiger partial charge in [0, 0.05) is 35.1 Å². The predicted octanol–water partition coefficient (Wildman–Crippen LogP) is 4.83. The lowest BCUT2D eigenvalue weighted by atomic mass is 10.2. The second-order valence-electron chi connectivity index (χ2n) is 8.48. The minimum absolute atomic E-state index is 0.226. The van der Waals surface area contributed by atoms with Crippen LogP contribution in [0.3, 0.4) is 0 Å². The summed E-state index contributed by atoms with van der Waals surface area (Å²) in [6, 6.07) is 7.75. The van der Waals surface area contributed by atoms with Crippen LogP contribution in [0.5, 0.6) is 0 Å². The number of carbonyl (C=O) groups excluding carboxylic acids is 1. The van der Waals surface area contributed by atoms with Crippen LogP contribution in [0.2, 0.25) is 5.02 Å². The Kier molecular flexibility index (Phi) is 6.05. The fourth-order valence-corrected chi connectivity index (χ4v) is 4.47. The molecular formula is C25H24ClFN8O. The molecule has 9 nitrogen and oxygen atoms in total. The molecule has 4 aromatic heterocycles. The number of fused-ring (bicyclic) bond motifs is 1. The highest BCUT2D eigenvalue weighted by Crippen LogP contribution is 2.26. The second kappa shape index (κ2) is 9.19. The fraction of sp³-hybridized carbons (Fsp3) is 0.240. The molecule has 1 aromatic carbocycles. The summed E-state index contributed by atoms with van der Waals surface area (Å²) >= 11 is 6.19. The number of hydrogen-bond acceptors (Lipinski definition) is 5. The van der Waals surface area contributed by atoms with Crippen molar-refractivity contribution in [3.63, 3.8) is 0 Å². The van der Waals surface area contributed by atoms with E-state index < -0.39 is 5.82 Å². The first kappa shape index (κ1) is 23.7. The number of halogens is 2. The van der Waals surface area contributed by atoms with E-state index in [-0.39, 0.29) is 11.6 Å². The maximum Gasteiger partial charge on any atom is 0.276 e. The van der Waals surface area contributed by atoms with E-state index in [9.17, 15) is 9.18 Å². The molecule has 5 aromatic rings. The third-order valence-corrected chi connectivity index (χ3v) is 6.58. The van der Waals surface area contributed by atoms with E-state index in [1.165, 1.54) is 12.1 Å². The molecule has 0 atom stereocenters. The summed E-state index contributed by atoms with van der Waals surface area (Å²) in [4.78, 5) is 17.6. The Morgan fingerprint density at radius 3 is 2.61 bits per heavy atom. The molecule has 0 fully saturated rings. The van der Waals surface area contributed by atoms with Gasteiger partial charge < -0.3 is 5.32 Å². The Morgan fingerprint density at radius 1 is 1.08 bits per heavy atom. The van der Waals surface area contributed by atoms with Gasteiger partial charge in [-0.3, -0.25) is 14.2 Å². The second-order valence-corrected chi connectivity index (χ2v) is 8.89. The van der Waals surface area contributed by atoms with Crippen molar-refractivity contribution >= 4 is 28.8 Å². The van der Waals surface area contributed by atoms with Gasteiger partial charge in [0.05, 0.1) is 35.5 Å². The van der Waals surface area contributed by atoms with Gasteiger partial charge in [-0.1, -0.05) is 17.7 Å². The van der Waals surface area contributed by atoms with Crippen molar-refractivity contribution in [2.45, 2.75) is 40.8 Å². The van der Waals surface area contributed by atoms with Crippen molar-refractivity contribution in [3.8, 4) is 11.3 Å². The molecule has 0 bridgehead atoms. The summed E-state index contributed by atoms with van der Waals surface area (Å²) in [5.74, 6) is -0.775. The van der Waals surface area contributed by atoms with E-state index in [0.717, 1.165) is 34.8 Å². The van der Waals surface area contributed by atoms with Crippen LogP contribution in [0.15, 0.2) is 42.7 Å². The molecule has 0 spiro atoms. The van der Waals surface area contributed by atoms with Gasteiger partial charge in [0.25, 0.3) is 5.91 Å². The maximum absolute atomic E-state index is 13.4. The van der Waals surface area contributed by atoms with Crippen molar-refractivity contribution in [1.82, 2.24) is 34.2 Å². The molecule has 0 aliphatic rings. The number of rotatable bonds is 6. The van der Waals surface area contributed by atoms with Gasteiger partial charge >= 0.3 is 0 Å². The van der Waals surface area contributed by atoms with Gasteiger partial charge in [0.15, 0.2) is 11.3 Å². The van der Waals surface area contributed by atoms with Crippen LogP contribution in [0, 0.1) is 26.6 Å². The third kappa shape index (κ3) is 4.13. The summed E-state index contributed by atoms with van der Waals surface area (Å²) in [5, 5.41) is 16.7. The summed E-state index contributed by atoms with van der Waals surface area (Å²) in [5.41, 5.74) is 6.20. The molecule has 1 N–H and O–H groups in total. The monoisotopic (exact) mass is 506 g/mol. The summed E-state index contributed by atoms with van der Waals surface area (Å²) in [6.07, 6.45) is 3.49.